The Morgan fingerprint density at radius 2 is 0.408 bits per heavy atom. The Morgan fingerprint density at radius 1 is 0.204 bits per heavy atom. The number of rotatable bonds is 8. The number of hydrogen-bond donors (Lipinski definition) is 0. The lowest BCUT2D eigenvalue weighted by Crippen LogP contribution is -2.33. The summed E-state index contributed by atoms with van der Waals surface area (Å²) in [5, 5.41) is 0. The fraction of sp³-hybridized carbons (Fsp3) is 0. The summed E-state index contributed by atoms with van der Waals surface area (Å²) in [5.74, 6) is 0. The van der Waals surface area contributed by atoms with Crippen LogP contribution in [0.3, 0.4) is 0 Å². The Labute approximate surface area is 290 Å². The van der Waals surface area contributed by atoms with E-state index in [4.69, 9.17) is 0 Å². The third-order valence-electron chi connectivity index (χ3n) is 9.20. The van der Waals surface area contributed by atoms with Crippen LogP contribution in [0, 0.1) is 0 Å². The molecule has 0 heterocycles. The molecule has 229 valence electrons. The van der Waals surface area contributed by atoms with Gasteiger partial charge >= 0.3 is 0 Å². The minimum absolute atomic E-state index is 1.19. The van der Waals surface area contributed by atoms with E-state index in [9.17, 15) is 0 Å². The maximum Gasteiger partial charge on any atom is 0.194 e. The highest BCUT2D eigenvalue weighted by Gasteiger charge is 2.22. The molecule has 0 bridgehead atoms. The molecule has 0 fully saturated rings. The van der Waals surface area contributed by atoms with Crippen molar-refractivity contribution in [2.45, 2.75) is 0 Å². The molecular formula is C48H34B. The minimum atomic E-state index is 1.19. The highest BCUT2D eigenvalue weighted by Crippen LogP contribution is 2.34. The van der Waals surface area contributed by atoms with E-state index in [0.29, 0.717) is 0 Å². The van der Waals surface area contributed by atoms with Crippen LogP contribution in [0.25, 0.3) is 66.8 Å². The first-order valence-corrected chi connectivity index (χ1v) is 16.9. The molecule has 0 aliphatic heterocycles. The van der Waals surface area contributed by atoms with Gasteiger partial charge in [-0.15, -0.1) is 0 Å². The molecule has 0 N–H and O–H groups in total. The molecule has 0 nitrogen and oxygen atoms in total. The number of benzene rings is 8. The predicted octanol–water partition coefficient (Wildman–Crippen LogP) is 11.3. The van der Waals surface area contributed by atoms with Crippen LogP contribution in [-0.2, 0) is 0 Å². The zero-order valence-corrected chi connectivity index (χ0v) is 27.2. The van der Waals surface area contributed by atoms with Crippen molar-refractivity contribution < 1.29 is 0 Å². The van der Waals surface area contributed by atoms with Crippen LogP contribution < -0.4 is 10.9 Å². The van der Waals surface area contributed by atoms with E-state index < -0.39 is 0 Å². The van der Waals surface area contributed by atoms with Crippen LogP contribution in [-0.4, -0.2) is 7.28 Å². The fourth-order valence-electron chi connectivity index (χ4n) is 6.78. The van der Waals surface area contributed by atoms with Crippen molar-refractivity contribution in [3.05, 3.63) is 206 Å². The maximum absolute atomic E-state index is 2.44. The first-order valence-electron chi connectivity index (χ1n) is 16.9. The van der Waals surface area contributed by atoms with E-state index in [1.165, 1.54) is 77.7 Å². The van der Waals surface area contributed by atoms with Gasteiger partial charge in [0.25, 0.3) is 0 Å². The van der Waals surface area contributed by atoms with Gasteiger partial charge in [-0.2, -0.15) is 0 Å². The van der Waals surface area contributed by atoms with Crippen molar-refractivity contribution in [2.75, 3.05) is 0 Å². The molecule has 0 aromatic heterocycles. The quantitative estimate of drug-likeness (QED) is 0.148. The molecule has 0 saturated heterocycles. The first kappa shape index (κ1) is 30.2. The molecule has 0 amide bonds. The summed E-state index contributed by atoms with van der Waals surface area (Å²) < 4.78 is 0. The second kappa shape index (κ2) is 13.9. The largest absolute Gasteiger partial charge is 0.194 e. The normalized spacial score (nSPS) is 10.9. The molecule has 8 aromatic rings. The van der Waals surface area contributed by atoms with Crippen molar-refractivity contribution in [3.63, 3.8) is 0 Å². The predicted molar refractivity (Wildman–Crippen MR) is 211 cm³/mol. The topological polar surface area (TPSA) is 0 Å². The smallest absolute Gasteiger partial charge is 0.0660 e. The van der Waals surface area contributed by atoms with E-state index in [2.05, 4.69) is 214 Å². The molecule has 0 spiro atoms. The second-order valence-electron chi connectivity index (χ2n) is 12.3. The van der Waals surface area contributed by atoms with E-state index in [0.717, 1.165) is 0 Å². The van der Waals surface area contributed by atoms with Crippen LogP contribution >= 0.6 is 0 Å². The standard InChI is InChI=1S/C48H34B/c1-7-19-35(20-8-1)41-31-43(37-23-11-3-12-24-37)47(44(32-41)38-25-13-4-14-26-38)49-48-45(39-27-15-5-16-28-39)33-42(36-21-9-2-10-22-36)34-46(48)40-29-17-6-18-30-40/h1-34H. The maximum atomic E-state index is 2.44. The molecule has 1 radical (unpaired) electrons. The Balaban J connectivity index is 1.45. The molecular weight excluding hydrogens is 587 g/mol. The molecule has 1 heteroatoms. The summed E-state index contributed by atoms with van der Waals surface area (Å²) in [7, 11) is 2.44. The zero-order valence-electron chi connectivity index (χ0n) is 27.2. The first-order chi connectivity index (χ1) is 24.3. The van der Waals surface area contributed by atoms with Gasteiger partial charge in [0.05, 0.1) is 0 Å². The summed E-state index contributed by atoms with van der Waals surface area (Å²) >= 11 is 0. The SMILES string of the molecule is [B](c1c(-c2ccccc2)cc(-c2ccccc2)cc1-c1ccccc1)c1c(-c2ccccc2)cc(-c2ccccc2)cc1-c1ccccc1. The van der Waals surface area contributed by atoms with Crippen LogP contribution in [0.4, 0.5) is 0 Å². The molecule has 0 atom stereocenters. The van der Waals surface area contributed by atoms with Gasteiger partial charge < -0.3 is 0 Å². The van der Waals surface area contributed by atoms with E-state index >= 15 is 0 Å². The minimum Gasteiger partial charge on any atom is -0.0660 e. The van der Waals surface area contributed by atoms with Crippen LogP contribution in [0.2, 0.25) is 0 Å². The third kappa shape index (κ3) is 6.40. The van der Waals surface area contributed by atoms with Gasteiger partial charge in [0.2, 0.25) is 0 Å². The monoisotopic (exact) mass is 621 g/mol. The fourth-order valence-corrected chi connectivity index (χ4v) is 6.78. The molecule has 0 saturated carbocycles. The molecule has 0 unspecified atom stereocenters. The second-order valence-corrected chi connectivity index (χ2v) is 12.3. The Morgan fingerprint density at radius 3 is 0.633 bits per heavy atom. The van der Waals surface area contributed by atoms with Gasteiger partial charge in [-0.1, -0.05) is 193 Å². The van der Waals surface area contributed by atoms with E-state index in [-0.39, 0.29) is 0 Å². The molecule has 8 aromatic carbocycles. The summed E-state index contributed by atoms with van der Waals surface area (Å²) in [6.45, 7) is 0. The third-order valence-corrected chi connectivity index (χ3v) is 9.20. The zero-order chi connectivity index (χ0) is 32.8. The molecule has 0 aliphatic carbocycles. The van der Waals surface area contributed by atoms with Gasteiger partial charge in [0, 0.05) is 0 Å². The molecule has 8 rings (SSSR count). The summed E-state index contributed by atoms with van der Waals surface area (Å²) in [5.41, 5.74) is 16.7. The average Bonchev–Trinajstić information content (AvgIpc) is 3.20. The lowest BCUT2D eigenvalue weighted by atomic mass is 9.55. The van der Waals surface area contributed by atoms with Crippen LogP contribution in [0.15, 0.2) is 206 Å². The van der Waals surface area contributed by atoms with Gasteiger partial charge in [0.1, 0.15) is 0 Å². The highest BCUT2D eigenvalue weighted by atomic mass is 14.2. The van der Waals surface area contributed by atoms with Crippen molar-refractivity contribution in [1.82, 2.24) is 0 Å². The van der Waals surface area contributed by atoms with Gasteiger partial charge in [-0.25, -0.2) is 0 Å². The van der Waals surface area contributed by atoms with Gasteiger partial charge in [-0.3, -0.25) is 0 Å². The summed E-state index contributed by atoms with van der Waals surface area (Å²) in [6.07, 6.45) is 0. The summed E-state index contributed by atoms with van der Waals surface area (Å²) in [4.78, 5) is 0. The number of hydrogen-bond acceptors (Lipinski definition) is 0. The van der Waals surface area contributed by atoms with E-state index in [1.807, 2.05) is 0 Å². The van der Waals surface area contributed by atoms with Crippen LogP contribution in [0.1, 0.15) is 0 Å². The Bertz CT molecular complexity index is 2010. The van der Waals surface area contributed by atoms with Crippen molar-refractivity contribution in [1.29, 1.82) is 0 Å². The summed E-state index contributed by atoms with van der Waals surface area (Å²) in [6, 6.07) is 74.2. The van der Waals surface area contributed by atoms with Crippen molar-refractivity contribution in [2.24, 2.45) is 0 Å². The van der Waals surface area contributed by atoms with Crippen molar-refractivity contribution >= 4 is 18.2 Å². The highest BCUT2D eigenvalue weighted by molar-refractivity contribution is 6.73. The molecule has 0 aliphatic rings. The lowest BCUT2D eigenvalue weighted by Gasteiger charge is -2.23. The van der Waals surface area contributed by atoms with Crippen LogP contribution in [0.5, 0.6) is 0 Å². The van der Waals surface area contributed by atoms with Gasteiger partial charge in [-0.05, 0) is 91.0 Å². The Hall–Kier alpha value is -6.18. The van der Waals surface area contributed by atoms with Crippen molar-refractivity contribution in [3.8, 4) is 66.8 Å². The Kier molecular flexibility index (Phi) is 8.56. The lowest BCUT2D eigenvalue weighted by molar-refractivity contribution is 1.58. The van der Waals surface area contributed by atoms with E-state index in [1.54, 1.807) is 0 Å². The average molecular weight is 622 g/mol. The molecule has 49 heavy (non-hydrogen) atoms. The van der Waals surface area contributed by atoms with Gasteiger partial charge in [0.15, 0.2) is 7.28 Å².